The summed E-state index contributed by atoms with van der Waals surface area (Å²) in [5, 5.41) is 3.79. The van der Waals surface area contributed by atoms with E-state index in [1.165, 1.54) is 11.8 Å². The number of carbonyl (C=O) groups excluding carboxylic acids is 1. The first-order valence-corrected chi connectivity index (χ1v) is 8.28. The van der Waals surface area contributed by atoms with Crippen molar-refractivity contribution in [1.29, 1.82) is 0 Å². The van der Waals surface area contributed by atoms with E-state index in [0.29, 0.717) is 10.8 Å². The normalized spacial score (nSPS) is 11.9. The molecule has 0 aromatic heterocycles. The van der Waals surface area contributed by atoms with Crippen LogP contribution in [0.3, 0.4) is 0 Å². The summed E-state index contributed by atoms with van der Waals surface area (Å²) in [6.07, 6.45) is 0.876. The summed E-state index contributed by atoms with van der Waals surface area (Å²) < 4.78 is 0. The minimum absolute atomic E-state index is 0.0469. The number of hydrogen-bond donors (Lipinski definition) is 1. The molecule has 2 aromatic rings. The summed E-state index contributed by atoms with van der Waals surface area (Å²) >= 11 is 7.36. The maximum atomic E-state index is 12.1. The number of amides is 1. The molecule has 0 bridgehead atoms. The second-order valence-corrected chi connectivity index (χ2v) is 6.17. The van der Waals surface area contributed by atoms with Gasteiger partial charge in [-0.1, -0.05) is 48.9 Å². The van der Waals surface area contributed by atoms with Gasteiger partial charge in [-0.15, -0.1) is 11.8 Å². The van der Waals surface area contributed by atoms with E-state index in [1.807, 2.05) is 54.6 Å². The van der Waals surface area contributed by atoms with Crippen molar-refractivity contribution in [3.8, 4) is 0 Å². The highest BCUT2D eigenvalue weighted by Gasteiger charge is 2.12. The maximum absolute atomic E-state index is 12.1. The number of benzene rings is 2. The predicted molar refractivity (Wildman–Crippen MR) is 89.8 cm³/mol. The molecule has 4 heteroatoms. The van der Waals surface area contributed by atoms with Gasteiger partial charge >= 0.3 is 0 Å². The first-order valence-electron chi connectivity index (χ1n) is 6.91. The lowest BCUT2D eigenvalue weighted by Gasteiger charge is -2.17. The van der Waals surface area contributed by atoms with Crippen molar-refractivity contribution in [1.82, 2.24) is 5.32 Å². The lowest BCUT2D eigenvalue weighted by molar-refractivity contribution is -0.119. The zero-order valence-corrected chi connectivity index (χ0v) is 13.5. The predicted octanol–water partition coefficient (Wildman–Crippen LogP) is 4.70. The highest BCUT2D eigenvalue weighted by atomic mass is 35.5. The molecule has 0 radical (unpaired) electrons. The summed E-state index contributed by atoms with van der Waals surface area (Å²) in [5.41, 5.74) is 1.14. The number of carbonyl (C=O) groups is 1. The number of rotatable bonds is 6. The molecule has 1 N–H and O–H groups in total. The molecule has 2 nitrogen and oxygen atoms in total. The fourth-order valence-electron chi connectivity index (χ4n) is 2.02. The van der Waals surface area contributed by atoms with Gasteiger partial charge in [0, 0.05) is 9.92 Å². The van der Waals surface area contributed by atoms with Crippen LogP contribution in [0.5, 0.6) is 0 Å². The van der Waals surface area contributed by atoms with Gasteiger partial charge in [0.05, 0.1) is 11.8 Å². The molecule has 0 unspecified atom stereocenters. The first-order chi connectivity index (χ1) is 10.2. The smallest absolute Gasteiger partial charge is 0.230 e. The minimum Gasteiger partial charge on any atom is -0.349 e. The molecule has 21 heavy (non-hydrogen) atoms. The van der Waals surface area contributed by atoms with Gasteiger partial charge in [0.15, 0.2) is 0 Å². The molecule has 2 rings (SSSR count). The SMILES string of the molecule is CC[C@@H](NC(=O)CSc1ccc(Cl)cc1)c1ccccc1. The maximum Gasteiger partial charge on any atom is 0.230 e. The van der Waals surface area contributed by atoms with Crippen LogP contribution in [-0.4, -0.2) is 11.7 Å². The Hall–Kier alpha value is -1.45. The van der Waals surface area contributed by atoms with Crippen LogP contribution in [-0.2, 0) is 4.79 Å². The van der Waals surface area contributed by atoms with Crippen LogP contribution in [0.25, 0.3) is 0 Å². The minimum atomic E-state index is 0.0469. The fraction of sp³-hybridized carbons (Fsp3) is 0.235. The van der Waals surface area contributed by atoms with E-state index < -0.39 is 0 Å². The average molecular weight is 320 g/mol. The van der Waals surface area contributed by atoms with Crippen LogP contribution in [0.4, 0.5) is 0 Å². The number of nitrogens with one attached hydrogen (secondary N) is 1. The highest BCUT2D eigenvalue weighted by molar-refractivity contribution is 8.00. The molecule has 0 aliphatic heterocycles. The van der Waals surface area contributed by atoms with Crippen LogP contribution in [0.2, 0.25) is 5.02 Å². The van der Waals surface area contributed by atoms with Crippen LogP contribution < -0.4 is 5.32 Å². The van der Waals surface area contributed by atoms with Crippen molar-refractivity contribution in [2.75, 3.05) is 5.75 Å². The van der Waals surface area contributed by atoms with E-state index in [9.17, 15) is 4.79 Å². The van der Waals surface area contributed by atoms with Gasteiger partial charge in [-0.05, 0) is 36.2 Å². The molecule has 1 atom stereocenters. The Morgan fingerprint density at radius 3 is 2.43 bits per heavy atom. The van der Waals surface area contributed by atoms with Crippen molar-refractivity contribution >= 4 is 29.3 Å². The van der Waals surface area contributed by atoms with Gasteiger partial charge < -0.3 is 5.32 Å². The molecule has 0 fully saturated rings. The van der Waals surface area contributed by atoms with Gasteiger partial charge in [-0.3, -0.25) is 4.79 Å². The molecule has 110 valence electrons. The monoisotopic (exact) mass is 319 g/mol. The van der Waals surface area contributed by atoms with Gasteiger partial charge in [0.2, 0.25) is 5.91 Å². The van der Waals surface area contributed by atoms with E-state index in [0.717, 1.165) is 16.9 Å². The zero-order chi connectivity index (χ0) is 15.1. The number of hydrogen-bond acceptors (Lipinski definition) is 2. The van der Waals surface area contributed by atoms with Crippen molar-refractivity contribution in [2.45, 2.75) is 24.3 Å². The largest absolute Gasteiger partial charge is 0.349 e. The second kappa shape index (κ2) is 8.11. The van der Waals surface area contributed by atoms with E-state index in [2.05, 4.69) is 12.2 Å². The van der Waals surface area contributed by atoms with Gasteiger partial charge in [0.1, 0.15) is 0 Å². The highest BCUT2D eigenvalue weighted by Crippen LogP contribution is 2.21. The molecule has 0 aliphatic carbocycles. The van der Waals surface area contributed by atoms with Crippen LogP contribution >= 0.6 is 23.4 Å². The summed E-state index contributed by atoms with van der Waals surface area (Å²) in [4.78, 5) is 13.1. The Balaban J connectivity index is 1.87. The molecular weight excluding hydrogens is 302 g/mol. The van der Waals surface area contributed by atoms with Crippen molar-refractivity contribution in [3.05, 3.63) is 65.2 Å². The molecule has 0 spiro atoms. The topological polar surface area (TPSA) is 29.1 Å². The van der Waals surface area contributed by atoms with Crippen molar-refractivity contribution in [3.63, 3.8) is 0 Å². The lowest BCUT2D eigenvalue weighted by atomic mass is 10.0. The van der Waals surface area contributed by atoms with Crippen LogP contribution in [0, 0.1) is 0 Å². The Kier molecular flexibility index (Phi) is 6.15. The summed E-state index contributed by atoms with van der Waals surface area (Å²) in [5.74, 6) is 0.455. The standard InChI is InChI=1S/C17H18ClNOS/c1-2-16(13-6-4-3-5-7-13)19-17(20)12-21-15-10-8-14(18)9-11-15/h3-11,16H,2,12H2,1H3,(H,19,20)/t16-/m1/s1. The summed E-state index contributed by atoms with van der Waals surface area (Å²) in [7, 11) is 0. The van der Waals surface area contributed by atoms with E-state index in [1.54, 1.807) is 0 Å². The lowest BCUT2D eigenvalue weighted by Crippen LogP contribution is -2.29. The molecule has 0 aliphatic rings. The summed E-state index contributed by atoms with van der Waals surface area (Å²) in [6, 6.07) is 17.6. The Labute approximate surface area is 134 Å². The molecule has 0 heterocycles. The third-order valence-electron chi connectivity index (χ3n) is 3.13. The number of thioether (sulfide) groups is 1. The van der Waals surface area contributed by atoms with Gasteiger partial charge in [-0.2, -0.15) is 0 Å². The fourth-order valence-corrected chi connectivity index (χ4v) is 2.86. The average Bonchev–Trinajstić information content (AvgIpc) is 2.53. The van der Waals surface area contributed by atoms with E-state index >= 15 is 0 Å². The Bertz CT molecular complexity index is 571. The second-order valence-electron chi connectivity index (χ2n) is 4.68. The Morgan fingerprint density at radius 1 is 1.14 bits per heavy atom. The van der Waals surface area contributed by atoms with E-state index in [4.69, 9.17) is 11.6 Å². The molecule has 0 saturated heterocycles. The van der Waals surface area contributed by atoms with Crippen LogP contribution in [0.1, 0.15) is 24.9 Å². The van der Waals surface area contributed by atoms with Gasteiger partial charge in [-0.25, -0.2) is 0 Å². The van der Waals surface area contributed by atoms with Crippen LogP contribution in [0.15, 0.2) is 59.5 Å². The molecule has 2 aromatic carbocycles. The summed E-state index contributed by atoms with van der Waals surface area (Å²) in [6.45, 7) is 2.07. The van der Waals surface area contributed by atoms with Crippen molar-refractivity contribution in [2.24, 2.45) is 0 Å². The quantitative estimate of drug-likeness (QED) is 0.782. The zero-order valence-electron chi connectivity index (χ0n) is 11.9. The third kappa shape index (κ3) is 5.10. The van der Waals surface area contributed by atoms with Crippen molar-refractivity contribution < 1.29 is 4.79 Å². The first kappa shape index (κ1) is 15.9. The third-order valence-corrected chi connectivity index (χ3v) is 4.39. The molecular formula is C17H18ClNOS. The Morgan fingerprint density at radius 2 is 1.81 bits per heavy atom. The van der Waals surface area contributed by atoms with E-state index in [-0.39, 0.29) is 11.9 Å². The molecule has 1 amide bonds. The molecule has 0 saturated carbocycles. The van der Waals surface area contributed by atoms with Gasteiger partial charge in [0.25, 0.3) is 0 Å². The number of halogens is 1.